The van der Waals surface area contributed by atoms with E-state index in [1.54, 1.807) is 24.3 Å². The van der Waals surface area contributed by atoms with Crippen molar-refractivity contribution in [1.29, 1.82) is 0 Å². The molecule has 0 aliphatic heterocycles. The van der Waals surface area contributed by atoms with Crippen LogP contribution in [0, 0.1) is 0 Å². The smallest absolute Gasteiger partial charge is 0.338 e. The Bertz CT molecular complexity index is 1290. The fourth-order valence-electron chi connectivity index (χ4n) is 2.91. The minimum atomic E-state index is -0.566. The molecule has 10 heteroatoms. The van der Waals surface area contributed by atoms with E-state index in [9.17, 15) is 14.4 Å². The highest BCUT2D eigenvalue weighted by molar-refractivity contribution is 7.16. The second kappa shape index (κ2) is 9.56. The maximum absolute atomic E-state index is 12.4. The van der Waals surface area contributed by atoms with Gasteiger partial charge in [-0.15, -0.1) is 0 Å². The fraction of sp³-hybridized carbons (Fsp3) is 0.227. The third-order valence-electron chi connectivity index (χ3n) is 4.56. The van der Waals surface area contributed by atoms with Crippen LogP contribution in [0.5, 0.6) is 0 Å². The summed E-state index contributed by atoms with van der Waals surface area (Å²) in [5.41, 5.74) is 0.860. The first kappa shape index (κ1) is 21.4. The van der Waals surface area contributed by atoms with Crippen molar-refractivity contribution in [3.8, 4) is 0 Å². The number of ether oxygens (including phenoxy) is 1. The molecule has 0 unspecified atom stereocenters. The van der Waals surface area contributed by atoms with Crippen molar-refractivity contribution in [2.45, 2.75) is 32.8 Å². The molecule has 0 saturated carbocycles. The summed E-state index contributed by atoms with van der Waals surface area (Å²) in [5, 5.41) is 7.82. The minimum absolute atomic E-state index is 0.135. The van der Waals surface area contributed by atoms with Crippen molar-refractivity contribution >= 4 is 33.9 Å². The first-order valence-electron chi connectivity index (χ1n) is 10.0. The summed E-state index contributed by atoms with van der Waals surface area (Å²) >= 11 is 1.36. The van der Waals surface area contributed by atoms with E-state index in [0.29, 0.717) is 21.9 Å². The lowest BCUT2D eigenvalue weighted by Gasteiger charge is -2.06. The average Bonchev–Trinajstić information content (AvgIpc) is 3.47. The Hall–Kier alpha value is -3.79. The molecule has 0 atom stereocenters. The summed E-state index contributed by atoms with van der Waals surface area (Å²) in [6.45, 7) is 1.96. The molecule has 4 rings (SSSR count). The molecule has 0 aliphatic rings. The van der Waals surface area contributed by atoms with Crippen LogP contribution in [0.25, 0.3) is 4.96 Å². The molecule has 1 N–H and O–H groups in total. The first-order valence-corrected chi connectivity index (χ1v) is 10.9. The molecule has 0 spiro atoms. The van der Waals surface area contributed by atoms with Gasteiger partial charge in [-0.25, -0.2) is 9.78 Å². The van der Waals surface area contributed by atoms with Gasteiger partial charge in [0.05, 0.1) is 17.5 Å². The van der Waals surface area contributed by atoms with Crippen LogP contribution in [0.4, 0.5) is 5.69 Å². The Morgan fingerprint density at radius 1 is 1.22 bits per heavy atom. The van der Waals surface area contributed by atoms with E-state index >= 15 is 0 Å². The summed E-state index contributed by atoms with van der Waals surface area (Å²) < 4.78 is 11.6. The van der Waals surface area contributed by atoms with Crippen LogP contribution in [0.15, 0.2) is 57.9 Å². The molecule has 164 valence electrons. The quantitative estimate of drug-likeness (QED) is 0.405. The molecule has 0 fully saturated rings. The van der Waals surface area contributed by atoms with Crippen LogP contribution in [-0.2, 0) is 17.8 Å². The number of hydrogen-bond donors (Lipinski definition) is 1. The van der Waals surface area contributed by atoms with Gasteiger partial charge in [-0.05, 0) is 42.8 Å². The lowest BCUT2D eigenvalue weighted by atomic mass is 10.2. The lowest BCUT2D eigenvalue weighted by molar-refractivity contribution is 0.0467. The number of nitrogens with one attached hydrogen (secondary N) is 1. The van der Waals surface area contributed by atoms with Gasteiger partial charge in [0.15, 0.2) is 5.76 Å². The maximum atomic E-state index is 12.4. The number of carbonyl (C=O) groups excluding carboxylic acids is 2. The van der Waals surface area contributed by atoms with Crippen molar-refractivity contribution in [2.24, 2.45) is 0 Å². The molecule has 0 radical (unpaired) electrons. The van der Waals surface area contributed by atoms with Crippen molar-refractivity contribution in [1.82, 2.24) is 14.6 Å². The normalized spacial score (nSPS) is 10.9. The molecule has 9 nitrogen and oxygen atoms in total. The topological polar surface area (TPSA) is 116 Å². The summed E-state index contributed by atoms with van der Waals surface area (Å²) in [4.78, 5) is 41.5. The van der Waals surface area contributed by atoms with Crippen molar-refractivity contribution in [2.75, 3.05) is 5.32 Å². The van der Waals surface area contributed by atoms with Crippen LogP contribution in [0.2, 0.25) is 0 Å². The molecule has 0 aliphatic carbocycles. The number of esters is 1. The van der Waals surface area contributed by atoms with Gasteiger partial charge in [0.25, 0.3) is 11.5 Å². The number of aryl methyl sites for hydroxylation is 1. The van der Waals surface area contributed by atoms with E-state index in [1.807, 2.05) is 0 Å². The van der Waals surface area contributed by atoms with Gasteiger partial charge >= 0.3 is 5.97 Å². The van der Waals surface area contributed by atoms with Gasteiger partial charge in [0.1, 0.15) is 11.6 Å². The number of hydrogen-bond acceptors (Lipinski definition) is 8. The van der Waals surface area contributed by atoms with E-state index < -0.39 is 5.97 Å². The maximum Gasteiger partial charge on any atom is 0.338 e. The minimum Gasteiger partial charge on any atom is -0.459 e. The lowest BCUT2D eigenvalue weighted by Crippen LogP contribution is -2.16. The molecule has 4 aromatic rings. The van der Waals surface area contributed by atoms with Gasteiger partial charge in [-0.2, -0.15) is 9.61 Å². The highest BCUT2D eigenvalue weighted by Gasteiger charge is 2.13. The number of carbonyl (C=O) groups is 2. The number of benzene rings is 1. The number of rotatable bonds is 8. The number of amides is 1. The Labute approximate surface area is 186 Å². The molecular formula is C22H20N4O5S. The number of unbranched alkanes of at least 4 members (excludes halogenated alkanes) is 1. The molecule has 32 heavy (non-hydrogen) atoms. The van der Waals surface area contributed by atoms with Crippen LogP contribution >= 0.6 is 11.3 Å². The van der Waals surface area contributed by atoms with Crippen LogP contribution in [0.1, 0.15) is 51.4 Å². The number of nitrogens with zero attached hydrogens (tertiary/aromatic N) is 3. The third-order valence-corrected chi connectivity index (χ3v) is 5.53. The predicted molar refractivity (Wildman–Crippen MR) is 118 cm³/mol. The van der Waals surface area contributed by atoms with Gasteiger partial charge in [0, 0.05) is 18.2 Å². The van der Waals surface area contributed by atoms with Gasteiger partial charge in [-0.3, -0.25) is 9.59 Å². The summed E-state index contributed by atoms with van der Waals surface area (Å²) in [6, 6.07) is 10.7. The standard InChI is InChI=1S/C22H20N4O5S/c1-2-3-6-18-25-26-19(27)12-16(24-22(26)32-18)13-31-21(29)14-7-9-15(10-8-14)23-20(28)17-5-4-11-30-17/h4-5,7-12H,2-3,6,13H2,1H3,(H,23,28). The van der Waals surface area contributed by atoms with E-state index in [-0.39, 0.29) is 23.8 Å². The largest absolute Gasteiger partial charge is 0.459 e. The Morgan fingerprint density at radius 2 is 2.03 bits per heavy atom. The van der Waals surface area contributed by atoms with Crippen molar-refractivity contribution in [3.63, 3.8) is 0 Å². The molecule has 3 heterocycles. The van der Waals surface area contributed by atoms with E-state index in [0.717, 1.165) is 24.3 Å². The van der Waals surface area contributed by atoms with Crippen molar-refractivity contribution in [3.05, 3.63) is 81.1 Å². The SMILES string of the molecule is CCCCc1nn2c(=O)cc(COC(=O)c3ccc(NC(=O)c4ccco4)cc3)nc2s1. The van der Waals surface area contributed by atoms with E-state index in [1.165, 1.54) is 40.3 Å². The van der Waals surface area contributed by atoms with E-state index in [4.69, 9.17) is 9.15 Å². The zero-order valence-corrected chi connectivity index (χ0v) is 18.1. The van der Waals surface area contributed by atoms with E-state index in [2.05, 4.69) is 22.3 Å². The number of anilines is 1. The highest BCUT2D eigenvalue weighted by atomic mass is 32.1. The van der Waals surface area contributed by atoms with Crippen LogP contribution < -0.4 is 10.9 Å². The van der Waals surface area contributed by atoms with Crippen LogP contribution in [0.3, 0.4) is 0 Å². The molecule has 0 bridgehead atoms. The Kier molecular flexibility index (Phi) is 6.41. The second-order valence-electron chi connectivity index (χ2n) is 6.96. The highest BCUT2D eigenvalue weighted by Crippen LogP contribution is 2.15. The average molecular weight is 452 g/mol. The molecule has 1 amide bonds. The number of furan rings is 1. The summed E-state index contributed by atoms with van der Waals surface area (Å²) in [6.07, 6.45) is 4.24. The Morgan fingerprint density at radius 3 is 2.75 bits per heavy atom. The second-order valence-corrected chi connectivity index (χ2v) is 8.00. The monoisotopic (exact) mass is 452 g/mol. The van der Waals surface area contributed by atoms with Gasteiger partial charge < -0.3 is 14.5 Å². The zero-order chi connectivity index (χ0) is 22.5. The van der Waals surface area contributed by atoms with Crippen LogP contribution in [-0.4, -0.2) is 26.5 Å². The first-order chi connectivity index (χ1) is 15.5. The van der Waals surface area contributed by atoms with Gasteiger partial charge in [0.2, 0.25) is 4.96 Å². The zero-order valence-electron chi connectivity index (χ0n) is 17.2. The Balaban J connectivity index is 1.38. The summed E-state index contributed by atoms with van der Waals surface area (Å²) in [5.74, 6) is -0.768. The number of aromatic nitrogens is 3. The van der Waals surface area contributed by atoms with Gasteiger partial charge in [-0.1, -0.05) is 24.7 Å². The molecule has 0 saturated heterocycles. The number of fused-ring (bicyclic) bond motifs is 1. The van der Waals surface area contributed by atoms with Crippen molar-refractivity contribution < 1.29 is 18.7 Å². The third kappa shape index (κ3) is 4.92. The fourth-order valence-corrected chi connectivity index (χ4v) is 3.87. The molecular weight excluding hydrogens is 432 g/mol. The molecule has 1 aromatic carbocycles. The summed E-state index contributed by atoms with van der Waals surface area (Å²) in [7, 11) is 0. The predicted octanol–water partition coefficient (Wildman–Crippen LogP) is 3.70. The molecule has 3 aromatic heterocycles.